The summed E-state index contributed by atoms with van der Waals surface area (Å²) in [4.78, 5) is 24.5. The van der Waals surface area contributed by atoms with Crippen LogP contribution in [0.2, 0.25) is 10.0 Å². The normalized spacial score (nSPS) is 11.5. The van der Waals surface area contributed by atoms with Gasteiger partial charge in [0.25, 0.3) is 5.91 Å². The number of carbonyl (C=O) groups is 2. The first-order chi connectivity index (χ1) is 14.9. The summed E-state index contributed by atoms with van der Waals surface area (Å²) in [5.74, 6) is -0.0181. The topological polar surface area (TPSA) is 67.4 Å². The van der Waals surface area contributed by atoms with Gasteiger partial charge in [0.05, 0.1) is 5.02 Å². The molecule has 160 valence electrons. The maximum absolute atomic E-state index is 12.4. The number of carbonyl (C=O) groups excluding carboxylic acids is 2. The molecule has 2 amide bonds. The van der Waals surface area contributed by atoms with Gasteiger partial charge in [-0.3, -0.25) is 9.59 Å². The van der Waals surface area contributed by atoms with Crippen molar-refractivity contribution in [2.45, 2.75) is 25.9 Å². The maximum Gasteiger partial charge on any atom is 0.265 e. The van der Waals surface area contributed by atoms with Gasteiger partial charge in [0.1, 0.15) is 5.75 Å². The lowest BCUT2D eigenvalue weighted by atomic mass is 10.1. The summed E-state index contributed by atoms with van der Waals surface area (Å²) in [5.41, 5.74) is 2.37. The zero-order chi connectivity index (χ0) is 22.2. The Morgan fingerprint density at radius 1 is 0.903 bits per heavy atom. The van der Waals surface area contributed by atoms with Crippen LogP contribution in [0.3, 0.4) is 0 Å². The van der Waals surface area contributed by atoms with E-state index in [0.29, 0.717) is 40.0 Å². The molecule has 0 unspecified atom stereocenters. The highest BCUT2D eigenvalue weighted by Crippen LogP contribution is 2.28. The van der Waals surface area contributed by atoms with Crippen molar-refractivity contribution in [1.29, 1.82) is 0 Å². The summed E-state index contributed by atoms with van der Waals surface area (Å²) < 4.78 is 5.61. The first-order valence-corrected chi connectivity index (χ1v) is 10.5. The molecule has 0 aliphatic carbocycles. The number of hydrogen-bond donors (Lipinski definition) is 2. The molecular weight excluding hydrogens is 435 g/mol. The van der Waals surface area contributed by atoms with Crippen LogP contribution in [0, 0.1) is 0 Å². The summed E-state index contributed by atoms with van der Waals surface area (Å²) in [6.45, 7) is 1.63. The van der Waals surface area contributed by atoms with E-state index in [9.17, 15) is 9.59 Å². The van der Waals surface area contributed by atoms with Crippen LogP contribution in [0.5, 0.6) is 5.75 Å². The van der Waals surface area contributed by atoms with Gasteiger partial charge in [0, 0.05) is 22.8 Å². The van der Waals surface area contributed by atoms with Crippen molar-refractivity contribution in [2.24, 2.45) is 0 Å². The molecule has 0 spiro atoms. The van der Waals surface area contributed by atoms with E-state index < -0.39 is 6.10 Å². The zero-order valence-corrected chi connectivity index (χ0v) is 18.4. The van der Waals surface area contributed by atoms with Crippen LogP contribution in [-0.4, -0.2) is 17.9 Å². The molecule has 0 radical (unpaired) electrons. The van der Waals surface area contributed by atoms with Crippen LogP contribution in [-0.2, 0) is 16.0 Å². The average molecular weight is 457 g/mol. The predicted octanol–water partition coefficient (Wildman–Crippen LogP) is 5.97. The molecule has 3 rings (SSSR count). The first-order valence-electron chi connectivity index (χ1n) is 9.77. The summed E-state index contributed by atoms with van der Waals surface area (Å²) >= 11 is 11.9. The monoisotopic (exact) mass is 456 g/mol. The Balaban J connectivity index is 1.48. The molecule has 0 saturated heterocycles. The average Bonchev–Trinajstić information content (AvgIpc) is 2.76. The van der Waals surface area contributed by atoms with E-state index in [4.69, 9.17) is 27.9 Å². The summed E-state index contributed by atoms with van der Waals surface area (Å²) in [5, 5.41) is 6.45. The number of amides is 2. The van der Waals surface area contributed by atoms with Gasteiger partial charge in [0.15, 0.2) is 6.10 Å². The van der Waals surface area contributed by atoms with Crippen molar-refractivity contribution < 1.29 is 14.3 Å². The molecular formula is C24H22Cl2N2O3. The number of rotatable bonds is 8. The van der Waals surface area contributed by atoms with Crippen molar-refractivity contribution in [3.05, 3.63) is 88.4 Å². The third-order valence-electron chi connectivity index (χ3n) is 4.49. The predicted molar refractivity (Wildman–Crippen MR) is 125 cm³/mol. The zero-order valence-electron chi connectivity index (χ0n) is 16.9. The number of nitrogens with one attached hydrogen (secondary N) is 2. The minimum atomic E-state index is -0.768. The molecule has 0 fully saturated rings. The van der Waals surface area contributed by atoms with Gasteiger partial charge in [0.2, 0.25) is 5.91 Å². The minimum absolute atomic E-state index is 0.0671. The van der Waals surface area contributed by atoms with Gasteiger partial charge in [-0.2, -0.15) is 0 Å². The third kappa shape index (κ3) is 7.02. The highest BCUT2D eigenvalue weighted by Gasteiger charge is 2.16. The van der Waals surface area contributed by atoms with Gasteiger partial charge >= 0.3 is 0 Å². The lowest BCUT2D eigenvalue weighted by Crippen LogP contribution is -2.30. The number of ether oxygens (including phenoxy) is 1. The van der Waals surface area contributed by atoms with Crippen molar-refractivity contribution in [1.82, 2.24) is 0 Å². The van der Waals surface area contributed by atoms with Crippen LogP contribution in [0.1, 0.15) is 18.9 Å². The van der Waals surface area contributed by atoms with Gasteiger partial charge in [-0.25, -0.2) is 0 Å². The van der Waals surface area contributed by atoms with Gasteiger partial charge in [-0.05, 0) is 61.4 Å². The highest BCUT2D eigenvalue weighted by molar-refractivity contribution is 6.35. The number of hydrogen-bond acceptors (Lipinski definition) is 3. The molecule has 3 aromatic rings. The van der Waals surface area contributed by atoms with Crippen LogP contribution in [0.15, 0.2) is 72.8 Å². The van der Waals surface area contributed by atoms with Gasteiger partial charge < -0.3 is 15.4 Å². The fraction of sp³-hybridized carbons (Fsp3) is 0.167. The van der Waals surface area contributed by atoms with E-state index in [2.05, 4.69) is 10.6 Å². The van der Waals surface area contributed by atoms with Crippen LogP contribution in [0.4, 0.5) is 11.4 Å². The van der Waals surface area contributed by atoms with Gasteiger partial charge in [-0.15, -0.1) is 0 Å². The van der Waals surface area contributed by atoms with Crippen LogP contribution >= 0.6 is 23.2 Å². The molecule has 0 aromatic heterocycles. The number of aryl methyl sites for hydroxylation is 1. The molecule has 7 heteroatoms. The lowest BCUT2D eigenvalue weighted by molar-refractivity contribution is -0.122. The summed E-state index contributed by atoms with van der Waals surface area (Å²) in [6, 6.07) is 21.6. The Hall–Kier alpha value is -3.02. The molecule has 0 aliphatic heterocycles. The van der Waals surface area contributed by atoms with E-state index >= 15 is 0 Å². The largest absolute Gasteiger partial charge is 0.479 e. The number of anilines is 2. The molecule has 5 nitrogen and oxygen atoms in total. The molecule has 0 bridgehead atoms. The Kier molecular flexibility index (Phi) is 7.93. The maximum atomic E-state index is 12.4. The van der Waals surface area contributed by atoms with Crippen molar-refractivity contribution in [2.75, 3.05) is 10.6 Å². The number of halogens is 2. The van der Waals surface area contributed by atoms with E-state index in [1.807, 2.05) is 30.3 Å². The molecule has 0 aliphatic rings. The van der Waals surface area contributed by atoms with Gasteiger partial charge in [-0.1, -0.05) is 53.5 Å². The quantitative estimate of drug-likeness (QED) is 0.438. The summed E-state index contributed by atoms with van der Waals surface area (Å²) in [7, 11) is 0. The highest BCUT2D eigenvalue weighted by atomic mass is 35.5. The Morgan fingerprint density at radius 3 is 2.19 bits per heavy atom. The Morgan fingerprint density at radius 2 is 1.55 bits per heavy atom. The van der Waals surface area contributed by atoms with Crippen molar-refractivity contribution in [3.63, 3.8) is 0 Å². The second kappa shape index (κ2) is 10.8. The van der Waals surface area contributed by atoms with E-state index in [1.165, 1.54) is 0 Å². The fourth-order valence-corrected chi connectivity index (χ4v) is 3.27. The summed E-state index contributed by atoms with van der Waals surface area (Å²) in [6.07, 6.45) is 0.303. The van der Waals surface area contributed by atoms with Crippen LogP contribution < -0.4 is 15.4 Å². The van der Waals surface area contributed by atoms with E-state index in [-0.39, 0.29) is 11.8 Å². The minimum Gasteiger partial charge on any atom is -0.479 e. The fourth-order valence-electron chi connectivity index (χ4n) is 2.82. The van der Waals surface area contributed by atoms with E-state index in [0.717, 1.165) is 5.56 Å². The SMILES string of the molecule is C[C@H](Oc1ccc(Cl)cc1Cl)C(=O)Nc1ccc(NC(=O)CCc2ccccc2)cc1. The molecule has 0 saturated carbocycles. The number of benzene rings is 3. The molecule has 2 N–H and O–H groups in total. The van der Waals surface area contributed by atoms with Crippen molar-refractivity contribution >= 4 is 46.4 Å². The van der Waals surface area contributed by atoms with Crippen LogP contribution in [0.25, 0.3) is 0 Å². The smallest absolute Gasteiger partial charge is 0.265 e. The van der Waals surface area contributed by atoms with Crippen molar-refractivity contribution in [3.8, 4) is 5.75 Å². The molecule has 3 aromatic carbocycles. The molecule has 0 heterocycles. The Labute approximate surface area is 191 Å². The standard InChI is InChI=1S/C24H22Cl2N2O3/c1-16(31-22-13-8-18(25)15-21(22)26)24(30)28-20-11-9-19(10-12-20)27-23(29)14-7-17-5-3-2-4-6-17/h2-6,8-13,15-16H,7,14H2,1H3,(H,27,29)(H,28,30)/t16-/m0/s1. The third-order valence-corrected chi connectivity index (χ3v) is 5.02. The molecule has 1 atom stereocenters. The second-order valence-electron chi connectivity index (χ2n) is 6.94. The first kappa shape index (κ1) is 22.7. The lowest BCUT2D eigenvalue weighted by Gasteiger charge is -2.16. The second-order valence-corrected chi connectivity index (χ2v) is 7.78. The Bertz CT molecular complexity index is 1040. The van der Waals surface area contributed by atoms with E-state index in [1.54, 1.807) is 49.4 Å². The molecule has 31 heavy (non-hydrogen) atoms.